The Morgan fingerprint density at radius 3 is 1.97 bits per heavy atom. The van der Waals surface area contributed by atoms with E-state index in [1.54, 1.807) is 24.3 Å². The number of benzene rings is 2. The minimum absolute atomic E-state index is 0.0633. The number of carbonyl (C=O) groups is 3. The molecule has 0 aromatic heterocycles. The van der Waals surface area contributed by atoms with Crippen molar-refractivity contribution in [3.8, 4) is 23.7 Å². The van der Waals surface area contributed by atoms with Crippen LogP contribution in [-0.2, 0) is 11.3 Å². The number of urea groups is 1. The van der Waals surface area contributed by atoms with Gasteiger partial charge in [0.05, 0.1) is 0 Å². The number of alkyl halides is 2. The largest absolute Gasteiger partial charge is 0.352 e. The van der Waals surface area contributed by atoms with Crippen LogP contribution in [0.5, 0.6) is 0 Å². The van der Waals surface area contributed by atoms with Crippen molar-refractivity contribution in [1.29, 1.82) is 0 Å². The number of halogens is 2. The zero-order valence-electron chi connectivity index (χ0n) is 18.6. The molecule has 0 aliphatic carbocycles. The lowest BCUT2D eigenvalue weighted by Crippen LogP contribution is -2.66. The van der Waals surface area contributed by atoms with E-state index in [0.29, 0.717) is 17.7 Å². The van der Waals surface area contributed by atoms with Crippen LogP contribution in [0.15, 0.2) is 48.5 Å². The third-order valence-corrected chi connectivity index (χ3v) is 4.78. The minimum Gasteiger partial charge on any atom is -0.352 e. The smallest absolute Gasteiger partial charge is 0.312 e. The molecule has 0 aliphatic rings. The van der Waals surface area contributed by atoms with Crippen LogP contribution in [0, 0.1) is 23.7 Å². The average molecular weight is 483 g/mol. The molecule has 0 radical (unpaired) electrons. The van der Waals surface area contributed by atoms with Crippen molar-refractivity contribution in [3.63, 3.8) is 0 Å². The van der Waals surface area contributed by atoms with E-state index in [4.69, 9.17) is 16.7 Å². The van der Waals surface area contributed by atoms with Gasteiger partial charge in [0.25, 0.3) is 18.2 Å². The summed E-state index contributed by atoms with van der Waals surface area (Å²) >= 11 is 0. The van der Waals surface area contributed by atoms with Crippen LogP contribution >= 0.6 is 0 Å². The molecule has 2 rings (SSSR count). The van der Waals surface area contributed by atoms with Gasteiger partial charge in [-0.05, 0) is 60.7 Å². The van der Waals surface area contributed by atoms with Crippen LogP contribution in [0.1, 0.15) is 34.0 Å². The molecule has 0 saturated heterocycles. The molecule has 2 aromatic carbocycles. The predicted octanol–water partition coefficient (Wildman–Crippen LogP) is 0.844. The summed E-state index contributed by atoms with van der Waals surface area (Å²) in [5, 5.41) is 13.4. The van der Waals surface area contributed by atoms with Crippen LogP contribution < -0.4 is 27.6 Å². The van der Waals surface area contributed by atoms with Crippen LogP contribution in [0.4, 0.5) is 13.6 Å². The number of hydrogen-bond acceptors (Lipinski definition) is 5. The molecule has 11 heteroatoms. The number of carbonyl (C=O) groups excluding carboxylic acids is 3. The first-order chi connectivity index (χ1) is 16.5. The van der Waals surface area contributed by atoms with Crippen molar-refractivity contribution in [2.45, 2.75) is 31.5 Å². The Morgan fingerprint density at radius 2 is 1.51 bits per heavy atom. The van der Waals surface area contributed by atoms with Gasteiger partial charge in [0.1, 0.15) is 11.6 Å². The van der Waals surface area contributed by atoms with Gasteiger partial charge in [-0.15, -0.1) is 0 Å². The summed E-state index contributed by atoms with van der Waals surface area (Å²) in [5.74, 6) is 8.92. The fourth-order valence-corrected chi connectivity index (χ4v) is 2.72. The first-order valence-electron chi connectivity index (χ1n) is 10.1. The molecule has 0 aliphatic heterocycles. The molecule has 182 valence electrons. The van der Waals surface area contributed by atoms with Crippen LogP contribution in [0.3, 0.4) is 0 Å². The van der Waals surface area contributed by atoms with Crippen molar-refractivity contribution in [2.75, 3.05) is 0 Å². The maximum atomic E-state index is 13.2. The van der Waals surface area contributed by atoms with Crippen LogP contribution in [0.25, 0.3) is 0 Å². The van der Waals surface area contributed by atoms with Gasteiger partial charge < -0.3 is 22.1 Å². The summed E-state index contributed by atoms with van der Waals surface area (Å²) in [5.41, 5.74) is 11.5. The standard InChI is InChI=1S/C24H23F2N5O4/c1-24(28,22(25)26)19(21(33)31-35)30-20(32)18-12-10-16(11-13-18)5-3-2-4-15-6-8-17(9-7-15)14-29-23(27)34/h6-13,19,22,35H,14,28H2,1H3,(H,30,32)(H,31,33)(H3,27,29,34)/t19-,24?/m1/s1. The van der Waals surface area contributed by atoms with Gasteiger partial charge in [0, 0.05) is 23.2 Å². The maximum absolute atomic E-state index is 13.2. The SMILES string of the molecule is CC(N)(C(F)F)[C@H](NC(=O)c1ccc(C#CC#Cc2ccc(CNC(N)=O)cc2)cc1)C(=O)NO. The number of nitrogens with two attached hydrogens (primary N) is 2. The second kappa shape index (κ2) is 12.1. The summed E-state index contributed by atoms with van der Waals surface area (Å²) < 4.78 is 26.4. The Morgan fingerprint density at radius 1 is 1.00 bits per heavy atom. The van der Waals surface area contributed by atoms with E-state index in [-0.39, 0.29) is 5.56 Å². The van der Waals surface area contributed by atoms with Gasteiger partial charge >= 0.3 is 6.03 Å². The third kappa shape index (κ3) is 7.82. The Bertz CT molecular complexity index is 1190. The topological polar surface area (TPSA) is 160 Å². The fourth-order valence-electron chi connectivity index (χ4n) is 2.72. The molecule has 0 heterocycles. The lowest BCUT2D eigenvalue weighted by Gasteiger charge is -2.32. The Balaban J connectivity index is 2.04. The fraction of sp³-hybridized carbons (Fsp3) is 0.208. The quantitative estimate of drug-likeness (QED) is 0.195. The number of amides is 4. The molecule has 1 unspecified atom stereocenters. The maximum Gasteiger partial charge on any atom is 0.312 e. The van der Waals surface area contributed by atoms with Gasteiger partial charge in [0.15, 0.2) is 0 Å². The van der Waals surface area contributed by atoms with E-state index in [0.717, 1.165) is 12.5 Å². The van der Waals surface area contributed by atoms with Crippen molar-refractivity contribution in [1.82, 2.24) is 16.1 Å². The summed E-state index contributed by atoms with van der Waals surface area (Å²) in [4.78, 5) is 34.9. The van der Waals surface area contributed by atoms with Gasteiger partial charge in [-0.2, -0.15) is 0 Å². The van der Waals surface area contributed by atoms with Gasteiger partial charge in [-0.25, -0.2) is 19.1 Å². The molecule has 9 nitrogen and oxygen atoms in total. The summed E-state index contributed by atoms with van der Waals surface area (Å²) in [7, 11) is 0. The second-order valence-corrected chi connectivity index (χ2v) is 7.54. The zero-order chi connectivity index (χ0) is 26.0. The molecule has 0 fully saturated rings. The Labute approximate surface area is 200 Å². The highest BCUT2D eigenvalue weighted by atomic mass is 19.3. The first-order valence-corrected chi connectivity index (χ1v) is 10.1. The van der Waals surface area contributed by atoms with Crippen molar-refractivity contribution in [3.05, 3.63) is 70.8 Å². The number of nitrogens with one attached hydrogen (secondary N) is 3. The highest BCUT2D eigenvalue weighted by molar-refractivity contribution is 5.98. The normalized spacial score (nSPS) is 12.6. The van der Waals surface area contributed by atoms with Gasteiger partial charge in [-0.3, -0.25) is 14.8 Å². The van der Waals surface area contributed by atoms with E-state index in [1.807, 2.05) is 0 Å². The molecular formula is C24H23F2N5O4. The molecule has 0 saturated carbocycles. The number of hydroxylamine groups is 1. The van der Waals surface area contributed by atoms with Crippen LogP contribution in [0.2, 0.25) is 0 Å². The minimum atomic E-state index is -3.15. The summed E-state index contributed by atoms with van der Waals surface area (Å²) in [6, 6.07) is 10.4. The van der Waals surface area contributed by atoms with E-state index in [2.05, 4.69) is 34.3 Å². The number of rotatable bonds is 7. The Hall–Kier alpha value is -4.45. The highest BCUT2D eigenvalue weighted by Gasteiger charge is 2.44. The van der Waals surface area contributed by atoms with E-state index in [9.17, 15) is 23.2 Å². The second-order valence-electron chi connectivity index (χ2n) is 7.54. The molecule has 2 atom stereocenters. The average Bonchev–Trinajstić information content (AvgIpc) is 2.84. The summed E-state index contributed by atoms with van der Waals surface area (Å²) in [6.07, 6.45) is -3.15. The Kier molecular flexibility index (Phi) is 9.29. The molecular weight excluding hydrogens is 460 g/mol. The molecule has 4 amide bonds. The van der Waals surface area contributed by atoms with E-state index >= 15 is 0 Å². The third-order valence-electron chi connectivity index (χ3n) is 4.78. The van der Waals surface area contributed by atoms with Crippen LogP contribution in [-0.4, -0.2) is 41.1 Å². The highest BCUT2D eigenvalue weighted by Crippen LogP contribution is 2.18. The number of hydrogen-bond donors (Lipinski definition) is 6. The van der Waals surface area contributed by atoms with Crippen molar-refractivity contribution >= 4 is 17.8 Å². The first kappa shape index (κ1) is 26.8. The molecule has 35 heavy (non-hydrogen) atoms. The zero-order valence-corrected chi connectivity index (χ0v) is 18.6. The lowest BCUT2D eigenvalue weighted by atomic mass is 9.92. The van der Waals surface area contributed by atoms with E-state index in [1.165, 1.54) is 29.7 Å². The lowest BCUT2D eigenvalue weighted by molar-refractivity contribution is -0.134. The van der Waals surface area contributed by atoms with Crippen molar-refractivity contribution < 1.29 is 28.4 Å². The molecule has 0 spiro atoms. The monoisotopic (exact) mass is 483 g/mol. The number of primary amides is 1. The van der Waals surface area contributed by atoms with Gasteiger partial charge in [0.2, 0.25) is 0 Å². The van der Waals surface area contributed by atoms with E-state index < -0.39 is 35.9 Å². The van der Waals surface area contributed by atoms with Gasteiger partial charge in [-0.1, -0.05) is 24.0 Å². The molecule has 8 N–H and O–H groups in total. The molecule has 2 aromatic rings. The molecule has 0 bridgehead atoms. The summed E-state index contributed by atoms with van der Waals surface area (Å²) in [6.45, 7) is 1.19. The van der Waals surface area contributed by atoms with Crippen molar-refractivity contribution in [2.24, 2.45) is 11.5 Å². The predicted molar refractivity (Wildman–Crippen MR) is 123 cm³/mol.